The first-order chi connectivity index (χ1) is 15.5. The lowest BCUT2D eigenvalue weighted by molar-refractivity contribution is 0.0999. The van der Waals surface area contributed by atoms with Crippen molar-refractivity contribution in [2.45, 2.75) is 6.92 Å². The monoisotopic (exact) mass is 436 g/mol. The van der Waals surface area contributed by atoms with Gasteiger partial charge in [-0.05, 0) is 61.5 Å². The number of rotatable bonds is 6. The van der Waals surface area contributed by atoms with Gasteiger partial charge in [0.15, 0.2) is 11.6 Å². The quantitative estimate of drug-likeness (QED) is 0.411. The molecule has 0 radical (unpaired) electrons. The van der Waals surface area contributed by atoms with Crippen molar-refractivity contribution in [3.05, 3.63) is 89.7 Å². The van der Waals surface area contributed by atoms with Gasteiger partial charge in [-0.1, -0.05) is 12.1 Å². The largest absolute Gasteiger partial charge is 0.494 e. The van der Waals surface area contributed by atoms with E-state index in [0.29, 0.717) is 29.0 Å². The van der Waals surface area contributed by atoms with Crippen molar-refractivity contribution in [3.8, 4) is 5.75 Å². The lowest BCUT2D eigenvalue weighted by Crippen LogP contribution is -2.17. The van der Waals surface area contributed by atoms with Gasteiger partial charge >= 0.3 is 0 Å². The van der Waals surface area contributed by atoms with Gasteiger partial charge < -0.3 is 19.8 Å². The van der Waals surface area contributed by atoms with Gasteiger partial charge in [-0.2, -0.15) is 0 Å². The van der Waals surface area contributed by atoms with Crippen molar-refractivity contribution in [1.82, 2.24) is 0 Å². The second-order valence-corrected chi connectivity index (χ2v) is 6.80. The summed E-state index contributed by atoms with van der Waals surface area (Å²) in [6.07, 6.45) is 0. The summed E-state index contributed by atoms with van der Waals surface area (Å²) in [6, 6.07) is 16.3. The normalized spacial score (nSPS) is 10.7. The first-order valence-electron chi connectivity index (χ1n) is 9.78. The van der Waals surface area contributed by atoms with Crippen LogP contribution in [0.5, 0.6) is 5.75 Å². The zero-order chi connectivity index (χ0) is 22.7. The molecule has 6 nitrogen and oxygen atoms in total. The van der Waals surface area contributed by atoms with E-state index in [9.17, 15) is 18.4 Å². The van der Waals surface area contributed by atoms with E-state index in [1.54, 1.807) is 48.5 Å². The number of nitrogens with one attached hydrogen (secondary N) is 2. The fraction of sp³-hybridized carbons (Fsp3) is 0.0833. The molecular weight excluding hydrogens is 418 g/mol. The molecule has 1 aromatic heterocycles. The van der Waals surface area contributed by atoms with E-state index >= 15 is 0 Å². The van der Waals surface area contributed by atoms with E-state index in [4.69, 9.17) is 9.15 Å². The van der Waals surface area contributed by atoms with Crippen LogP contribution in [0.15, 0.2) is 71.1 Å². The molecule has 0 bridgehead atoms. The first kappa shape index (κ1) is 21.0. The maximum atomic E-state index is 13.6. The summed E-state index contributed by atoms with van der Waals surface area (Å²) in [5.41, 5.74) is 0.896. The van der Waals surface area contributed by atoms with Gasteiger partial charge in [0.2, 0.25) is 5.76 Å². The molecule has 1 heterocycles. The number of fused-ring (bicyclic) bond motifs is 1. The van der Waals surface area contributed by atoms with Crippen LogP contribution in [0, 0.1) is 11.6 Å². The number of ether oxygens (including phenoxy) is 1. The Bertz CT molecular complexity index is 1300. The van der Waals surface area contributed by atoms with E-state index < -0.39 is 23.4 Å². The summed E-state index contributed by atoms with van der Waals surface area (Å²) >= 11 is 0. The third-order valence-corrected chi connectivity index (χ3v) is 4.65. The molecule has 0 aliphatic rings. The van der Waals surface area contributed by atoms with Crippen molar-refractivity contribution in [2.75, 3.05) is 17.2 Å². The molecule has 32 heavy (non-hydrogen) atoms. The predicted octanol–water partition coefficient (Wildman–Crippen LogP) is 5.61. The van der Waals surface area contributed by atoms with Gasteiger partial charge in [0.1, 0.15) is 17.0 Å². The van der Waals surface area contributed by atoms with E-state index in [1.165, 1.54) is 0 Å². The van der Waals surface area contributed by atoms with Crippen molar-refractivity contribution < 1.29 is 27.5 Å². The number of hydrogen-bond acceptors (Lipinski definition) is 4. The number of para-hydroxylation sites is 1. The Morgan fingerprint density at radius 3 is 2.38 bits per heavy atom. The van der Waals surface area contributed by atoms with Crippen LogP contribution in [-0.2, 0) is 0 Å². The van der Waals surface area contributed by atoms with Gasteiger partial charge in [-0.15, -0.1) is 0 Å². The van der Waals surface area contributed by atoms with E-state index in [2.05, 4.69) is 10.6 Å². The standard InChI is InChI=1S/C24H18F2N2O4/c1-2-31-16-10-8-15(9-11-16)27-24(30)22-21(17-5-3-4-6-20(17)32-22)28-23(29)14-7-12-18(25)19(26)13-14/h3-13H,2H2,1H3,(H,27,30)(H,28,29). The van der Waals surface area contributed by atoms with Crippen molar-refractivity contribution in [2.24, 2.45) is 0 Å². The van der Waals surface area contributed by atoms with Crippen molar-refractivity contribution in [3.63, 3.8) is 0 Å². The highest BCUT2D eigenvalue weighted by atomic mass is 19.2. The Balaban J connectivity index is 1.64. The summed E-state index contributed by atoms with van der Waals surface area (Å²) in [4.78, 5) is 25.6. The minimum atomic E-state index is -1.15. The second-order valence-electron chi connectivity index (χ2n) is 6.80. The molecule has 0 aliphatic carbocycles. The van der Waals surface area contributed by atoms with Crippen LogP contribution in [0.3, 0.4) is 0 Å². The van der Waals surface area contributed by atoms with Crippen LogP contribution in [0.1, 0.15) is 27.8 Å². The molecule has 4 rings (SSSR count). The average Bonchev–Trinajstić information content (AvgIpc) is 3.16. The smallest absolute Gasteiger partial charge is 0.293 e. The topological polar surface area (TPSA) is 80.6 Å². The fourth-order valence-electron chi connectivity index (χ4n) is 3.14. The zero-order valence-corrected chi connectivity index (χ0v) is 16.9. The number of anilines is 2. The molecule has 2 N–H and O–H groups in total. The number of carbonyl (C=O) groups excluding carboxylic acids is 2. The number of hydrogen-bond donors (Lipinski definition) is 2. The molecule has 3 aromatic carbocycles. The van der Waals surface area contributed by atoms with E-state index in [1.807, 2.05) is 6.92 Å². The molecule has 4 aromatic rings. The molecule has 0 saturated carbocycles. The highest BCUT2D eigenvalue weighted by molar-refractivity contribution is 6.16. The Morgan fingerprint density at radius 1 is 0.906 bits per heavy atom. The maximum Gasteiger partial charge on any atom is 0.293 e. The molecule has 0 saturated heterocycles. The van der Waals surface area contributed by atoms with Gasteiger partial charge in [0, 0.05) is 16.6 Å². The predicted molar refractivity (Wildman–Crippen MR) is 116 cm³/mol. The van der Waals surface area contributed by atoms with Crippen LogP contribution in [0.4, 0.5) is 20.2 Å². The summed E-state index contributed by atoms with van der Waals surface area (Å²) < 4.78 is 37.8. The molecule has 0 aliphatic heterocycles. The van der Waals surface area contributed by atoms with Crippen LogP contribution in [-0.4, -0.2) is 18.4 Å². The molecule has 2 amide bonds. The maximum absolute atomic E-state index is 13.6. The van der Waals surface area contributed by atoms with Crippen LogP contribution in [0.2, 0.25) is 0 Å². The number of benzene rings is 3. The fourth-order valence-corrected chi connectivity index (χ4v) is 3.14. The summed E-state index contributed by atoms with van der Waals surface area (Å²) in [5, 5.41) is 5.78. The molecule has 162 valence electrons. The van der Waals surface area contributed by atoms with Gasteiger partial charge in [0.05, 0.1) is 6.61 Å². The highest BCUT2D eigenvalue weighted by Crippen LogP contribution is 2.32. The minimum absolute atomic E-state index is 0.105. The molecule has 0 atom stereocenters. The zero-order valence-electron chi connectivity index (χ0n) is 16.9. The van der Waals surface area contributed by atoms with Gasteiger partial charge in [-0.25, -0.2) is 8.78 Å². The lowest BCUT2D eigenvalue weighted by atomic mass is 10.1. The third-order valence-electron chi connectivity index (χ3n) is 4.65. The molecular formula is C24H18F2N2O4. The minimum Gasteiger partial charge on any atom is -0.494 e. The molecule has 0 spiro atoms. The van der Waals surface area contributed by atoms with Crippen molar-refractivity contribution >= 4 is 34.2 Å². The third kappa shape index (κ3) is 4.29. The number of halogens is 2. The first-order valence-corrected chi connectivity index (χ1v) is 9.78. The summed E-state index contributed by atoms with van der Waals surface area (Å²) in [5.74, 6) is -2.99. The number of amides is 2. The highest BCUT2D eigenvalue weighted by Gasteiger charge is 2.23. The average molecular weight is 436 g/mol. The second kappa shape index (κ2) is 8.89. The molecule has 8 heteroatoms. The van der Waals surface area contributed by atoms with Gasteiger partial charge in [-0.3, -0.25) is 9.59 Å². The Hall–Kier alpha value is -4.20. The molecule has 0 fully saturated rings. The van der Waals surface area contributed by atoms with Crippen LogP contribution < -0.4 is 15.4 Å². The summed E-state index contributed by atoms with van der Waals surface area (Å²) in [6.45, 7) is 2.39. The Morgan fingerprint density at radius 2 is 1.66 bits per heavy atom. The van der Waals surface area contributed by atoms with E-state index in [0.717, 1.165) is 18.2 Å². The number of carbonyl (C=O) groups is 2. The lowest BCUT2D eigenvalue weighted by Gasteiger charge is -2.08. The van der Waals surface area contributed by atoms with E-state index in [-0.39, 0.29) is 17.0 Å². The van der Waals surface area contributed by atoms with Gasteiger partial charge in [0.25, 0.3) is 11.8 Å². The SMILES string of the molecule is CCOc1ccc(NC(=O)c2oc3ccccc3c2NC(=O)c2ccc(F)c(F)c2)cc1. The van der Waals surface area contributed by atoms with Crippen LogP contribution >= 0.6 is 0 Å². The van der Waals surface area contributed by atoms with Crippen molar-refractivity contribution in [1.29, 1.82) is 0 Å². The Kier molecular flexibility index (Phi) is 5.85. The number of furan rings is 1. The summed E-state index contributed by atoms with van der Waals surface area (Å²) in [7, 11) is 0. The molecule has 0 unspecified atom stereocenters. The Labute approximate surface area is 181 Å². The van der Waals surface area contributed by atoms with Crippen LogP contribution in [0.25, 0.3) is 11.0 Å².